The Morgan fingerprint density at radius 2 is 1.30 bits per heavy atom. The van der Waals surface area contributed by atoms with E-state index >= 15 is 0 Å². The summed E-state index contributed by atoms with van der Waals surface area (Å²) in [4.78, 5) is 2.81. The highest BCUT2D eigenvalue weighted by Gasteiger charge is 2.43. The van der Waals surface area contributed by atoms with Crippen LogP contribution in [0.4, 0.5) is 0 Å². The molecule has 2 heteroatoms. The maximum Gasteiger partial charge on any atom is 0.0210 e. The molecule has 0 radical (unpaired) electrons. The van der Waals surface area contributed by atoms with Crippen LogP contribution in [0, 0.1) is 5.92 Å². The van der Waals surface area contributed by atoms with Crippen LogP contribution >= 0.6 is 0 Å². The van der Waals surface area contributed by atoms with Gasteiger partial charge in [-0.15, -0.1) is 0 Å². The first kappa shape index (κ1) is 19.2. The molecule has 2 nitrogen and oxygen atoms in total. The first-order valence-electron chi connectivity index (χ1n) is 10.8. The summed E-state index contributed by atoms with van der Waals surface area (Å²) in [7, 11) is 0. The number of rotatable bonds is 13. The molecule has 0 saturated heterocycles. The van der Waals surface area contributed by atoms with Crippen molar-refractivity contribution in [1.29, 1.82) is 0 Å². The van der Waals surface area contributed by atoms with Crippen molar-refractivity contribution in [3.05, 3.63) is 0 Å². The van der Waals surface area contributed by atoms with Crippen LogP contribution in [0.2, 0.25) is 0 Å². The molecule has 2 bridgehead atoms. The van der Waals surface area contributed by atoms with E-state index in [4.69, 9.17) is 5.73 Å². The molecule has 23 heavy (non-hydrogen) atoms. The predicted octanol–water partition coefficient (Wildman–Crippen LogP) is 5.50. The van der Waals surface area contributed by atoms with Gasteiger partial charge < -0.3 is 5.73 Å². The predicted molar refractivity (Wildman–Crippen MR) is 102 cm³/mol. The smallest absolute Gasteiger partial charge is 0.0210 e. The number of hydrogen-bond acceptors (Lipinski definition) is 2. The summed E-state index contributed by atoms with van der Waals surface area (Å²) < 4.78 is 0. The van der Waals surface area contributed by atoms with Crippen molar-refractivity contribution in [3.8, 4) is 0 Å². The van der Waals surface area contributed by atoms with Gasteiger partial charge in [0.15, 0.2) is 0 Å². The van der Waals surface area contributed by atoms with Crippen LogP contribution in [0.5, 0.6) is 0 Å². The van der Waals surface area contributed by atoms with E-state index < -0.39 is 0 Å². The van der Waals surface area contributed by atoms with Crippen LogP contribution in [-0.4, -0.2) is 30.1 Å². The third kappa shape index (κ3) is 6.05. The van der Waals surface area contributed by atoms with Gasteiger partial charge in [0.2, 0.25) is 0 Å². The van der Waals surface area contributed by atoms with Crippen molar-refractivity contribution < 1.29 is 0 Å². The maximum absolute atomic E-state index is 5.93. The summed E-state index contributed by atoms with van der Waals surface area (Å²) >= 11 is 0. The second kappa shape index (κ2) is 10.7. The van der Waals surface area contributed by atoms with Gasteiger partial charge >= 0.3 is 0 Å². The van der Waals surface area contributed by atoms with Crippen molar-refractivity contribution in [2.24, 2.45) is 11.7 Å². The van der Waals surface area contributed by atoms with Crippen LogP contribution in [-0.2, 0) is 0 Å². The lowest BCUT2D eigenvalue weighted by atomic mass is 9.65. The Bertz CT molecular complexity index is 280. The molecule has 2 N–H and O–H groups in total. The lowest BCUT2D eigenvalue weighted by molar-refractivity contribution is -0.0107. The van der Waals surface area contributed by atoms with E-state index in [0.717, 1.165) is 19.0 Å². The van der Waals surface area contributed by atoms with Gasteiger partial charge in [0.25, 0.3) is 0 Å². The fourth-order valence-corrected chi connectivity index (χ4v) is 5.06. The fourth-order valence-electron chi connectivity index (χ4n) is 5.06. The Balaban J connectivity index is 1.59. The van der Waals surface area contributed by atoms with Gasteiger partial charge in [0.1, 0.15) is 0 Å². The summed E-state index contributed by atoms with van der Waals surface area (Å²) in [6, 6.07) is 0. The minimum absolute atomic E-state index is 0.550. The van der Waals surface area contributed by atoms with E-state index in [1.54, 1.807) is 0 Å². The molecule has 3 aliphatic rings. The highest BCUT2D eigenvalue weighted by atomic mass is 15.2. The van der Waals surface area contributed by atoms with Gasteiger partial charge in [-0.3, -0.25) is 4.90 Å². The zero-order valence-corrected chi connectivity index (χ0v) is 15.8. The lowest BCUT2D eigenvalue weighted by Gasteiger charge is -2.53. The number of unbranched alkanes of at least 4 members (excludes halogenated alkanes) is 8. The van der Waals surface area contributed by atoms with Crippen molar-refractivity contribution in [2.45, 2.75) is 109 Å². The van der Waals surface area contributed by atoms with Crippen LogP contribution in [0.3, 0.4) is 0 Å². The topological polar surface area (TPSA) is 29.3 Å². The summed E-state index contributed by atoms with van der Waals surface area (Å²) in [5.74, 6) is 1.06. The molecule has 0 heterocycles. The number of nitrogens with two attached hydrogens (primary N) is 1. The van der Waals surface area contributed by atoms with Gasteiger partial charge in [-0.25, -0.2) is 0 Å². The zero-order chi connectivity index (χ0) is 16.4. The zero-order valence-electron chi connectivity index (χ0n) is 15.8. The van der Waals surface area contributed by atoms with Crippen LogP contribution in [0.15, 0.2) is 0 Å². The molecule has 0 aromatic heterocycles. The fraction of sp³-hybridized carbons (Fsp3) is 1.00. The van der Waals surface area contributed by atoms with Crippen molar-refractivity contribution in [1.82, 2.24) is 4.90 Å². The minimum Gasteiger partial charge on any atom is -0.329 e. The Morgan fingerprint density at radius 1 is 0.783 bits per heavy atom. The summed E-state index contributed by atoms with van der Waals surface area (Å²) in [5, 5.41) is 0. The lowest BCUT2D eigenvalue weighted by Crippen LogP contribution is -2.55. The molecular weight excluding hydrogens is 280 g/mol. The van der Waals surface area contributed by atoms with Crippen molar-refractivity contribution in [3.63, 3.8) is 0 Å². The summed E-state index contributed by atoms with van der Waals surface area (Å²) in [6.07, 6.45) is 21.7. The van der Waals surface area contributed by atoms with Gasteiger partial charge in [-0.1, -0.05) is 58.3 Å². The molecule has 3 rings (SSSR count). The molecule has 0 aromatic rings. The average molecular weight is 323 g/mol. The third-order valence-corrected chi connectivity index (χ3v) is 6.66. The van der Waals surface area contributed by atoms with Gasteiger partial charge in [0.05, 0.1) is 0 Å². The quantitative estimate of drug-likeness (QED) is 0.454. The Labute approximate surface area is 145 Å². The minimum atomic E-state index is 0.550. The summed E-state index contributed by atoms with van der Waals surface area (Å²) in [6.45, 7) is 5.56. The molecule has 0 aliphatic heterocycles. The molecule has 3 fully saturated rings. The van der Waals surface area contributed by atoms with E-state index in [9.17, 15) is 0 Å². The van der Waals surface area contributed by atoms with Gasteiger partial charge in [-0.2, -0.15) is 0 Å². The molecule has 0 spiro atoms. The Morgan fingerprint density at radius 3 is 1.83 bits per heavy atom. The normalized spacial score (nSPS) is 27.0. The van der Waals surface area contributed by atoms with Crippen LogP contribution in [0.1, 0.15) is 103 Å². The largest absolute Gasteiger partial charge is 0.329 e. The Hall–Kier alpha value is -0.0800. The van der Waals surface area contributed by atoms with E-state index in [2.05, 4.69) is 11.8 Å². The van der Waals surface area contributed by atoms with Gasteiger partial charge in [0, 0.05) is 18.6 Å². The third-order valence-electron chi connectivity index (χ3n) is 6.66. The molecule has 0 atom stereocenters. The average Bonchev–Trinajstić information content (AvgIpc) is 2.61. The van der Waals surface area contributed by atoms with E-state index in [0.29, 0.717) is 5.54 Å². The molecule has 3 saturated carbocycles. The highest BCUT2D eigenvalue weighted by Crippen LogP contribution is 2.47. The molecule has 136 valence electrons. The second-order valence-electron chi connectivity index (χ2n) is 8.31. The highest BCUT2D eigenvalue weighted by molar-refractivity contribution is 4.99. The number of hydrogen-bond donors (Lipinski definition) is 1. The first-order valence-corrected chi connectivity index (χ1v) is 10.8. The van der Waals surface area contributed by atoms with Crippen molar-refractivity contribution in [2.75, 3.05) is 19.6 Å². The molecule has 0 unspecified atom stereocenters. The molecule has 0 aromatic carbocycles. The second-order valence-corrected chi connectivity index (χ2v) is 8.31. The van der Waals surface area contributed by atoms with Gasteiger partial charge in [-0.05, 0) is 57.4 Å². The maximum atomic E-state index is 5.93. The molecular formula is C21H42N2. The molecule has 3 aliphatic carbocycles. The summed E-state index contributed by atoms with van der Waals surface area (Å²) in [5.41, 5.74) is 6.48. The standard InChI is InChI=1S/C21H42N2/c1-2-3-4-5-6-7-8-9-10-18-23(19-17-22)21-14-11-20(12-15-21)13-16-21/h20H,2-19,22H2,1H3. The number of nitrogens with zero attached hydrogens (tertiary/aromatic N) is 1. The SMILES string of the molecule is CCCCCCCCCCCN(CCN)C12CCC(CC1)CC2. The van der Waals surface area contributed by atoms with E-state index in [1.165, 1.54) is 103 Å². The Kier molecular flexibility index (Phi) is 8.97. The monoisotopic (exact) mass is 322 g/mol. The molecule has 0 amide bonds. The van der Waals surface area contributed by atoms with Crippen LogP contribution in [0.25, 0.3) is 0 Å². The van der Waals surface area contributed by atoms with E-state index in [1.807, 2.05) is 0 Å². The van der Waals surface area contributed by atoms with E-state index in [-0.39, 0.29) is 0 Å². The number of fused-ring (bicyclic) bond motifs is 3. The first-order chi connectivity index (χ1) is 11.3. The van der Waals surface area contributed by atoms with Crippen molar-refractivity contribution >= 4 is 0 Å². The van der Waals surface area contributed by atoms with Crippen LogP contribution < -0.4 is 5.73 Å².